The molecular weight excluding hydrogens is 208 g/mol. The van der Waals surface area contributed by atoms with Crippen molar-refractivity contribution in [3.63, 3.8) is 0 Å². The quantitative estimate of drug-likeness (QED) is 0.404. The minimum absolute atomic E-state index is 0.389. The molecule has 3 heteroatoms. The molecule has 0 radical (unpaired) electrons. The van der Waals surface area contributed by atoms with Crippen LogP contribution in [0.2, 0.25) is 0 Å². The van der Waals surface area contributed by atoms with E-state index in [1.165, 1.54) is 4.90 Å². The molecule has 2 nitrogen and oxygen atoms in total. The molecule has 84 valence electrons. The van der Waals surface area contributed by atoms with Crippen LogP contribution in [0.1, 0.15) is 6.92 Å². The maximum atomic E-state index is 5.30. The second-order valence-corrected chi connectivity index (χ2v) is 4.60. The molecule has 0 N–H and O–H groups in total. The van der Waals surface area contributed by atoms with Crippen LogP contribution in [0.5, 0.6) is 0 Å². The zero-order chi connectivity index (χ0) is 10.9. The van der Waals surface area contributed by atoms with E-state index in [0.29, 0.717) is 12.7 Å². The standard InChI is InChI=1S/C12H18O2S/c1-11(8-14-10-13-2)9-15-12-6-4-3-5-7-12/h3-7,11H,8-10H2,1-2H3. The average molecular weight is 226 g/mol. The van der Waals surface area contributed by atoms with Crippen LogP contribution in [0, 0.1) is 5.92 Å². The molecule has 0 spiro atoms. The van der Waals surface area contributed by atoms with Gasteiger partial charge in [0, 0.05) is 17.8 Å². The summed E-state index contributed by atoms with van der Waals surface area (Å²) in [7, 11) is 1.64. The Morgan fingerprint density at radius 2 is 2.00 bits per heavy atom. The lowest BCUT2D eigenvalue weighted by molar-refractivity contribution is -0.0392. The van der Waals surface area contributed by atoms with Crippen molar-refractivity contribution in [2.45, 2.75) is 11.8 Å². The smallest absolute Gasteiger partial charge is 0.146 e. The van der Waals surface area contributed by atoms with Gasteiger partial charge >= 0.3 is 0 Å². The minimum atomic E-state index is 0.389. The predicted molar refractivity (Wildman–Crippen MR) is 64.2 cm³/mol. The minimum Gasteiger partial charge on any atom is -0.359 e. The van der Waals surface area contributed by atoms with Crippen molar-refractivity contribution >= 4 is 11.8 Å². The van der Waals surface area contributed by atoms with Crippen LogP contribution in [0.3, 0.4) is 0 Å². The Hall–Kier alpha value is -0.510. The molecule has 1 unspecified atom stereocenters. The maximum absolute atomic E-state index is 5.30. The SMILES string of the molecule is COCOCC(C)CSc1ccccc1. The van der Waals surface area contributed by atoms with Gasteiger partial charge in [-0.3, -0.25) is 0 Å². The summed E-state index contributed by atoms with van der Waals surface area (Å²) in [5.41, 5.74) is 0. The van der Waals surface area contributed by atoms with E-state index >= 15 is 0 Å². The monoisotopic (exact) mass is 226 g/mol. The summed E-state index contributed by atoms with van der Waals surface area (Å²) in [6, 6.07) is 10.4. The Morgan fingerprint density at radius 3 is 2.67 bits per heavy atom. The fourth-order valence-electron chi connectivity index (χ4n) is 1.14. The van der Waals surface area contributed by atoms with Gasteiger partial charge in [-0.05, 0) is 18.1 Å². The topological polar surface area (TPSA) is 18.5 Å². The lowest BCUT2D eigenvalue weighted by Gasteiger charge is -2.10. The van der Waals surface area contributed by atoms with Gasteiger partial charge in [0.1, 0.15) is 6.79 Å². The second kappa shape index (κ2) is 7.74. The van der Waals surface area contributed by atoms with Gasteiger partial charge in [-0.2, -0.15) is 0 Å². The van der Waals surface area contributed by atoms with E-state index in [0.717, 1.165) is 12.4 Å². The van der Waals surface area contributed by atoms with E-state index in [1.807, 2.05) is 17.8 Å². The Balaban J connectivity index is 2.14. The lowest BCUT2D eigenvalue weighted by Crippen LogP contribution is -2.09. The summed E-state index contributed by atoms with van der Waals surface area (Å²) >= 11 is 1.87. The largest absolute Gasteiger partial charge is 0.359 e. The molecule has 0 fully saturated rings. The number of methoxy groups -OCH3 is 1. The highest BCUT2D eigenvalue weighted by Gasteiger charge is 2.02. The van der Waals surface area contributed by atoms with Gasteiger partial charge in [-0.1, -0.05) is 25.1 Å². The molecule has 1 aromatic rings. The number of ether oxygens (including phenoxy) is 2. The van der Waals surface area contributed by atoms with Gasteiger partial charge in [0.25, 0.3) is 0 Å². The molecule has 0 aliphatic heterocycles. The molecule has 0 bridgehead atoms. The van der Waals surface area contributed by atoms with E-state index in [1.54, 1.807) is 7.11 Å². The summed E-state index contributed by atoms with van der Waals surface area (Å²) in [6.07, 6.45) is 0. The first-order chi connectivity index (χ1) is 7.33. The molecule has 1 aromatic carbocycles. The summed E-state index contributed by atoms with van der Waals surface area (Å²) in [6.45, 7) is 3.33. The van der Waals surface area contributed by atoms with Crippen molar-refractivity contribution in [2.24, 2.45) is 5.92 Å². The molecule has 15 heavy (non-hydrogen) atoms. The highest BCUT2D eigenvalue weighted by atomic mass is 32.2. The Morgan fingerprint density at radius 1 is 1.27 bits per heavy atom. The van der Waals surface area contributed by atoms with Crippen LogP contribution >= 0.6 is 11.8 Å². The van der Waals surface area contributed by atoms with E-state index in [-0.39, 0.29) is 0 Å². The summed E-state index contributed by atoms with van der Waals surface area (Å²) in [5, 5.41) is 0. The number of benzene rings is 1. The second-order valence-electron chi connectivity index (χ2n) is 3.51. The van der Waals surface area contributed by atoms with Crippen LogP contribution < -0.4 is 0 Å². The average Bonchev–Trinajstić information content (AvgIpc) is 2.28. The van der Waals surface area contributed by atoms with Crippen molar-refractivity contribution < 1.29 is 9.47 Å². The molecule has 0 amide bonds. The van der Waals surface area contributed by atoms with Gasteiger partial charge in [-0.15, -0.1) is 11.8 Å². The summed E-state index contributed by atoms with van der Waals surface area (Å²) in [5.74, 6) is 1.62. The molecule has 1 atom stereocenters. The highest BCUT2D eigenvalue weighted by molar-refractivity contribution is 7.99. The highest BCUT2D eigenvalue weighted by Crippen LogP contribution is 2.19. The Labute approximate surface area is 96.0 Å². The number of rotatable bonds is 7. The fraction of sp³-hybridized carbons (Fsp3) is 0.500. The van der Waals surface area contributed by atoms with Crippen LogP contribution in [0.4, 0.5) is 0 Å². The molecule has 0 aliphatic rings. The van der Waals surface area contributed by atoms with Crippen molar-refractivity contribution in [1.29, 1.82) is 0 Å². The number of hydrogen-bond acceptors (Lipinski definition) is 3. The fourth-order valence-corrected chi connectivity index (χ4v) is 2.06. The van der Waals surface area contributed by atoms with Crippen molar-refractivity contribution in [3.8, 4) is 0 Å². The van der Waals surface area contributed by atoms with E-state index in [9.17, 15) is 0 Å². The van der Waals surface area contributed by atoms with Crippen LogP contribution in [0.25, 0.3) is 0 Å². The Kier molecular flexibility index (Phi) is 6.48. The molecule has 0 heterocycles. The van der Waals surface area contributed by atoms with Crippen LogP contribution in [0.15, 0.2) is 35.2 Å². The third-order valence-electron chi connectivity index (χ3n) is 1.88. The van der Waals surface area contributed by atoms with E-state index in [2.05, 4.69) is 31.2 Å². The van der Waals surface area contributed by atoms with Gasteiger partial charge in [0.05, 0.1) is 6.61 Å². The predicted octanol–water partition coefficient (Wildman–Crippen LogP) is 3.04. The zero-order valence-corrected chi connectivity index (χ0v) is 10.1. The third kappa shape index (κ3) is 5.82. The van der Waals surface area contributed by atoms with Gasteiger partial charge in [-0.25, -0.2) is 0 Å². The van der Waals surface area contributed by atoms with Gasteiger partial charge in [0.15, 0.2) is 0 Å². The first-order valence-electron chi connectivity index (χ1n) is 5.07. The normalized spacial score (nSPS) is 12.7. The summed E-state index contributed by atoms with van der Waals surface area (Å²) in [4.78, 5) is 1.32. The molecular formula is C12H18O2S. The molecule has 0 saturated carbocycles. The number of thioether (sulfide) groups is 1. The van der Waals surface area contributed by atoms with Crippen molar-refractivity contribution in [2.75, 3.05) is 26.3 Å². The molecule has 0 aromatic heterocycles. The van der Waals surface area contributed by atoms with Gasteiger partial charge < -0.3 is 9.47 Å². The van der Waals surface area contributed by atoms with Crippen LogP contribution in [-0.2, 0) is 9.47 Å². The number of hydrogen-bond donors (Lipinski definition) is 0. The summed E-state index contributed by atoms with van der Waals surface area (Å²) < 4.78 is 10.1. The molecule has 0 saturated heterocycles. The Bertz CT molecular complexity index is 251. The first kappa shape index (κ1) is 12.6. The van der Waals surface area contributed by atoms with Crippen LogP contribution in [-0.4, -0.2) is 26.3 Å². The van der Waals surface area contributed by atoms with Crippen molar-refractivity contribution in [1.82, 2.24) is 0 Å². The van der Waals surface area contributed by atoms with Gasteiger partial charge in [0.2, 0.25) is 0 Å². The first-order valence-corrected chi connectivity index (χ1v) is 6.06. The lowest BCUT2D eigenvalue weighted by atomic mass is 10.2. The van der Waals surface area contributed by atoms with E-state index in [4.69, 9.17) is 9.47 Å². The maximum Gasteiger partial charge on any atom is 0.146 e. The molecule has 0 aliphatic carbocycles. The van der Waals surface area contributed by atoms with Crippen molar-refractivity contribution in [3.05, 3.63) is 30.3 Å². The molecule has 1 rings (SSSR count). The third-order valence-corrected chi connectivity index (χ3v) is 3.22. The van der Waals surface area contributed by atoms with E-state index < -0.39 is 0 Å². The zero-order valence-electron chi connectivity index (χ0n) is 9.31.